The first-order valence-electron chi connectivity index (χ1n) is 9.09. The van der Waals surface area contributed by atoms with Crippen LogP contribution in [0, 0.1) is 0 Å². The summed E-state index contributed by atoms with van der Waals surface area (Å²) in [5.74, 6) is -0.154. The number of hydrogen-bond donors (Lipinski definition) is 2. The molecule has 0 spiro atoms. The molecule has 6 nitrogen and oxygen atoms in total. The molecule has 0 radical (unpaired) electrons. The van der Waals surface area contributed by atoms with Gasteiger partial charge in [-0.1, -0.05) is 35.3 Å². The van der Waals surface area contributed by atoms with Crippen molar-refractivity contribution in [3.05, 3.63) is 75.1 Å². The number of amides is 2. The van der Waals surface area contributed by atoms with Crippen molar-refractivity contribution in [2.75, 3.05) is 0 Å². The maximum absolute atomic E-state index is 12.5. The molecule has 0 aliphatic carbocycles. The number of aryl methyl sites for hydroxylation is 1. The van der Waals surface area contributed by atoms with E-state index in [9.17, 15) is 9.59 Å². The predicted octanol–water partition coefficient (Wildman–Crippen LogP) is 5.17. The molecule has 0 aliphatic rings. The lowest BCUT2D eigenvalue weighted by atomic mass is 10.2. The molecule has 0 saturated carbocycles. The van der Waals surface area contributed by atoms with E-state index < -0.39 is 11.8 Å². The number of nitrogens with zero attached hydrogens (tertiary/aromatic N) is 2. The molecule has 0 atom stereocenters. The van der Waals surface area contributed by atoms with Crippen LogP contribution >= 0.6 is 34.5 Å². The molecule has 0 saturated heterocycles. The van der Waals surface area contributed by atoms with Crippen LogP contribution in [-0.4, -0.2) is 21.4 Å². The summed E-state index contributed by atoms with van der Waals surface area (Å²) in [5, 5.41) is 0.621. The fourth-order valence-electron chi connectivity index (χ4n) is 3.08. The van der Waals surface area contributed by atoms with Gasteiger partial charge in [-0.2, -0.15) is 0 Å². The predicted molar refractivity (Wildman–Crippen MR) is 120 cm³/mol. The summed E-state index contributed by atoms with van der Waals surface area (Å²) in [6.45, 7) is 2.81. The van der Waals surface area contributed by atoms with Crippen LogP contribution in [0.15, 0.2) is 54.6 Å². The Kier molecular flexibility index (Phi) is 5.76. The van der Waals surface area contributed by atoms with Crippen LogP contribution in [0.3, 0.4) is 0 Å². The molecule has 0 unspecified atom stereocenters. The normalized spacial score (nSPS) is 10.9. The Labute approximate surface area is 186 Å². The topological polar surface area (TPSA) is 76.0 Å². The minimum absolute atomic E-state index is 0.200. The standard InChI is InChI=1S/C21H16Cl2N4O2S/c1-2-27-16-6-4-3-5-15(16)24-19(27)17-9-10-18(30-17)21(29)26-25-20(28)13-8-7-12(22)11-14(13)23/h3-11H,2H2,1H3,(H,25,28)(H,26,29). The van der Waals surface area contributed by atoms with Gasteiger partial charge in [-0.15, -0.1) is 11.3 Å². The van der Waals surface area contributed by atoms with Gasteiger partial charge in [0, 0.05) is 11.6 Å². The van der Waals surface area contributed by atoms with E-state index in [1.54, 1.807) is 12.1 Å². The zero-order valence-electron chi connectivity index (χ0n) is 15.8. The number of aromatic nitrogens is 2. The lowest BCUT2D eigenvalue weighted by Crippen LogP contribution is -2.41. The second-order valence-corrected chi connectivity index (χ2v) is 8.29. The number of carbonyl (C=O) groups excluding carboxylic acids is 2. The third-order valence-electron chi connectivity index (χ3n) is 4.49. The van der Waals surface area contributed by atoms with E-state index in [0.29, 0.717) is 9.90 Å². The van der Waals surface area contributed by atoms with Crippen LogP contribution in [-0.2, 0) is 6.54 Å². The minimum atomic E-state index is -0.533. The van der Waals surface area contributed by atoms with Crippen molar-refractivity contribution < 1.29 is 9.59 Å². The summed E-state index contributed by atoms with van der Waals surface area (Å²) in [5.41, 5.74) is 6.94. The summed E-state index contributed by atoms with van der Waals surface area (Å²) in [7, 11) is 0. The Morgan fingerprint density at radius 3 is 2.57 bits per heavy atom. The third-order valence-corrected chi connectivity index (χ3v) is 6.11. The third kappa shape index (κ3) is 3.92. The van der Waals surface area contributed by atoms with Crippen LogP contribution in [0.4, 0.5) is 0 Å². The Morgan fingerprint density at radius 2 is 1.80 bits per heavy atom. The molecule has 2 heterocycles. The maximum Gasteiger partial charge on any atom is 0.279 e. The number of halogens is 2. The molecule has 0 aliphatic heterocycles. The Balaban J connectivity index is 1.50. The molecule has 0 bridgehead atoms. The number of nitrogens with one attached hydrogen (secondary N) is 2. The Bertz CT molecular complexity index is 1270. The molecule has 4 rings (SSSR count). The summed E-state index contributed by atoms with van der Waals surface area (Å²) in [4.78, 5) is 30.8. The molecule has 152 valence electrons. The maximum atomic E-state index is 12.5. The van der Waals surface area contributed by atoms with Gasteiger partial charge in [-0.25, -0.2) is 4.98 Å². The number of hydrogen-bond acceptors (Lipinski definition) is 4. The van der Waals surface area contributed by atoms with Crippen molar-refractivity contribution in [3.8, 4) is 10.7 Å². The zero-order chi connectivity index (χ0) is 21.3. The van der Waals surface area contributed by atoms with Gasteiger partial charge in [0.05, 0.1) is 31.4 Å². The van der Waals surface area contributed by atoms with Crippen molar-refractivity contribution in [1.29, 1.82) is 0 Å². The second-order valence-electron chi connectivity index (χ2n) is 6.36. The largest absolute Gasteiger partial charge is 0.324 e. The second kappa shape index (κ2) is 8.47. The van der Waals surface area contributed by atoms with Gasteiger partial charge >= 0.3 is 0 Å². The summed E-state index contributed by atoms with van der Waals surface area (Å²) in [6, 6.07) is 16.0. The molecule has 2 N–H and O–H groups in total. The number of benzene rings is 2. The molecular weight excluding hydrogens is 443 g/mol. The molecule has 2 aromatic heterocycles. The van der Waals surface area contributed by atoms with Gasteiger partial charge < -0.3 is 4.57 Å². The van der Waals surface area contributed by atoms with Crippen molar-refractivity contribution in [3.63, 3.8) is 0 Å². The average molecular weight is 459 g/mol. The van der Waals surface area contributed by atoms with E-state index >= 15 is 0 Å². The highest BCUT2D eigenvalue weighted by Crippen LogP contribution is 2.30. The van der Waals surface area contributed by atoms with E-state index in [-0.39, 0.29) is 10.6 Å². The molecule has 30 heavy (non-hydrogen) atoms. The van der Waals surface area contributed by atoms with E-state index in [2.05, 4.69) is 22.3 Å². The van der Waals surface area contributed by atoms with Crippen molar-refractivity contribution >= 4 is 57.4 Å². The number of fused-ring (bicyclic) bond motifs is 1. The van der Waals surface area contributed by atoms with Gasteiger partial charge in [0.25, 0.3) is 11.8 Å². The zero-order valence-corrected chi connectivity index (χ0v) is 18.1. The molecule has 2 amide bonds. The van der Waals surface area contributed by atoms with Crippen LogP contribution in [0.2, 0.25) is 10.0 Å². The highest BCUT2D eigenvalue weighted by atomic mass is 35.5. The summed E-state index contributed by atoms with van der Waals surface area (Å²) >= 11 is 13.2. The number of para-hydroxylation sites is 2. The van der Waals surface area contributed by atoms with E-state index in [1.807, 2.05) is 30.3 Å². The first-order valence-corrected chi connectivity index (χ1v) is 10.7. The number of carbonyl (C=O) groups is 2. The molecule has 0 fully saturated rings. The summed E-state index contributed by atoms with van der Waals surface area (Å²) < 4.78 is 2.10. The number of thiophene rings is 1. The Morgan fingerprint density at radius 1 is 1.03 bits per heavy atom. The highest BCUT2D eigenvalue weighted by Gasteiger charge is 2.17. The highest BCUT2D eigenvalue weighted by molar-refractivity contribution is 7.17. The average Bonchev–Trinajstić information content (AvgIpc) is 3.36. The van der Waals surface area contributed by atoms with Crippen LogP contribution in [0.1, 0.15) is 27.0 Å². The number of hydrazine groups is 1. The van der Waals surface area contributed by atoms with Crippen molar-refractivity contribution in [2.45, 2.75) is 13.5 Å². The van der Waals surface area contributed by atoms with Crippen LogP contribution < -0.4 is 10.9 Å². The molecular formula is C21H16Cl2N4O2S. The SMILES string of the molecule is CCn1c(-c2ccc(C(=O)NNC(=O)c3ccc(Cl)cc3Cl)s2)nc2ccccc21. The van der Waals surface area contributed by atoms with Crippen LogP contribution in [0.5, 0.6) is 0 Å². The Hall–Kier alpha value is -2.87. The molecule has 4 aromatic rings. The van der Waals surface area contributed by atoms with Crippen molar-refractivity contribution in [2.24, 2.45) is 0 Å². The van der Waals surface area contributed by atoms with E-state index in [1.165, 1.54) is 23.5 Å². The summed E-state index contributed by atoms with van der Waals surface area (Å²) in [6.07, 6.45) is 0. The lowest BCUT2D eigenvalue weighted by molar-refractivity contribution is 0.0849. The lowest BCUT2D eigenvalue weighted by Gasteiger charge is -2.08. The van der Waals surface area contributed by atoms with Gasteiger partial charge in [0.15, 0.2) is 5.82 Å². The monoisotopic (exact) mass is 458 g/mol. The van der Waals surface area contributed by atoms with Crippen molar-refractivity contribution in [1.82, 2.24) is 20.4 Å². The molecule has 2 aromatic carbocycles. The number of imidazole rings is 1. The van der Waals surface area contributed by atoms with Gasteiger partial charge in [0.1, 0.15) is 0 Å². The van der Waals surface area contributed by atoms with Gasteiger partial charge in [-0.3, -0.25) is 20.4 Å². The fourth-order valence-corrected chi connectivity index (χ4v) is 4.47. The van der Waals surface area contributed by atoms with E-state index in [4.69, 9.17) is 28.2 Å². The minimum Gasteiger partial charge on any atom is -0.324 e. The van der Waals surface area contributed by atoms with Gasteiger partial charge in [0.2, 0.25) is 0 Å². The fraction of sp³-hybridized carbons (Fsp3) is 0.0952. The van der Waals surface area contributed by atoms with Gasteiger partial charge in [-0.05, 0) is 49.4 Å². The quantitative estimate of drug-likeness (QED) is 0.414. The smallest absolute Gasteiger partial charge is 0.279 e. The first-order chi connectivity index (χ1) is 14.5. The van der Waals surface area contributed by atoms with Crippen LogP contribution in [0.25, 0.3) is 21.7 Å². The van der Waals surface area contributed by atoms with E-state index in [0.717, 1.165) is 28.3 Å². The molecule has 9 heteroatoms. The number of rotatable bonds is 4. The first kappa shape index (κ1) is 20.4.